The van der Waals surface area contributed by atoms with E-state index in [1.807, 2.05) is 0 Å². The number of ether oxygens (including phenoxy) is 2. The molecule has 0 bridgehead atoms. The normalized spacial score (nSPS) is 31.7. The highest BCUT2D eigenvalue weighted by atomic mass is 35.5. The first kappa shape index (κ1) is 23.3. The lowest BCUT2D eigenvalue weighted by atomic mass is 10.1. The molecular formula is C17H17ClFN2O9PS. The van der Waals surface area contributed by atoms with Crippen LogP contribution in [0.4, 0.5) is 4.39 Å². The molecule has 32 heavy (non-hydrogen) atoms. The summed E-state index contributed by atoms with van der Waals surface area (Å²) in [5.41, 5.74) is -0.337. The van der Waals surface area contributed by atoms with Crippen LogP contribution in [0.5, 0.6) is 11.5 Å². The van der Waals surface area contributed by atoms with Gasteiger partial charge in [0.1, 0.15) is 23.5 Å². The van der Waals surface area contributed by atoms with Crippen molar-refractivity contribution in [1.82, 2.24) is 9.55 Å². The predicted octanol–water partition coefficient (Wildman–Crippen LogP) is 2.22. The number of nitrogens with zero attached hydrogens (tertiary/aromatic N) is 1. The fourth-order valence-corrected chi connectivity index (χ4v) is 4.73. The molecule has 0 aliphatic carbocycles. The Balaban J connectivity index is 1.53. The fourth-order valence-electron chi connectivity index (χ4n) is 3.20. The molecule has 174 valence electrons. The lowest BCUT2D eigenvalue weighted by Gasteiger charge is -2.28. The second-order valence-electron chi connectivity index (χ2n) is 6.91. The van der Waals surface area contributed by atoms with Gasteiger partial charge in [-0.25, -0.2) is 13.8 Å². The molecule has 3 N–H and O–H groups in total. The number of hydrogen-bond acceptors (Lipinski definition) is 10. The summed E-state index contributed by atoms with van der Waals surface area (Å²) >= 11 is 10.7. The van der Waals surface area contributed by atoms with Crippen molar-refractivity contribution in [3.05, 3.63) is 50.1 Å². The van der Waals surface area contributed by atoms with Crippen LogP contribution in [-0.2, 0) is 25.0 Å². The first-order valence-corrected chi connectivity index (χ1v) is 11.3. The quantitative estimate of drug-likeness (QED) is 0.405. The van der Waals surface area contributed by atoms with Gasteiger partial charge in [0.25, 0.3) is 5.85 Å². The average molecular weight is 511 g/mol. The largest absolute Gasteiger partial charge is 0.530 e. The molecule has 15 heteroatoms. The number of aliphatic hydroxyl groups is 2. The van der Waals surface area contributed by atoms with E-state index in [4.69, 9.17) is 46.9 Å². The van der Waals surface area contributed by atoms with Gasteiger partial charge in [-0.1, -0.05) is 36.0 Å². The highest BCUT2D eigenvalue weighted by Crippen LogP contribution is 2.57. The Morgan fingerprint density at radius 1 is 1.47 bits per heavy atom. The Labute approximate surface area is 189 Å². The Hall–Kier alpha value is -1.83. The van der Waals surface area contributed by atoms with Crippen molar-refractivity contribution >= 4 is 31.6 Å². The van der Waals surface area contributed by atoms with Crippen LogP contribution in [0.2, 0.25) is 5.02 Å². The number of phosphoric acid groups is 1. The van der Waals surface area contributed by atoms with E-state index in [1.165, 1.54) is 7.11 Å². The van der Waals surface area contributed by atoms with Gasteiger partial charge >= 0.3 is 13.5 Å². The van der Waals surface area contributed by atoms with Crippen LogP contribution < -0.4 is 15.0 Å². The molecule has 1 unspecified atom stereocenters. The molecule has 3 heterocycles. The molecular weight excluding hydrogens is 494 g/mol. The number of H-pyrrole nitrogens is 1. The van der Waals surface area contributed by atoms with E-state index < -0.39 is 44.4 Å². The molecule has 1 fully saturated rings. The van der Waals surface area contributed by atoms with Gasteiger partial charge in [-0.3, -0.25) is 18.6 Å². The highest BCUT2D eigenvalue weighted by Gasteiger charge is 2.57. The molecule has 2 aliphatic heterocycles. The number of rotatable bonds is 5. The van der Waals surface area contributed by atoms with Gasteiger partial charge in [-0.15, -0.1) is 0 Å². The third-order valence-electron chi connectivity index (χ3n) is 4.85. The molecule has 0 amide bonds. The molecule has 0 spiro atoms. The maximum atomic E-state index is 15.4. The number of hydrogen-bond donors (Lipinski definition) is 3. The summed E-state index contributed by atoms with van der Waals surface area (Å²) in [7, 11) is -2.96. The number of alkyl halides is 1. The van der Waals surface area contributed by atoms with E-state index in [-0.39, 0.29) is 27.8 Å². The van der Waals surface area contributed by atoms with Crippen LogP contribution >= 0.6 is 31.6 Å². The van der Waals surface area contributed by atoms with Crippen LogP contribution in [0.1, 0.15) is 11.8 Å². The second-order valence-corrected chi connectivity index (χ2v) is 9.32. The number of fused-ring (bicyclic) bond motifs is 1. The van der Waals surface area contributed by atoms with Gasteiger partial charge < -0.3 is 24.2 Å². The Morgan fingerprint density at radius 2 is 2.22 bits per heavy atom. The maximum absolute atomic E-state index is 15.4. The molecule has 1 saturated heterocycles. The third-order valence-corrected chi connectivity index (χ3v) is 6.87. The van der Waals surface area contributed by atoms with Gasteiger partial charge in [0.2, 0.25) is 0 Å². The Bertz CT molecular complexity index is 1200. The van der Waals surface area contributed by atoms with E-state index in [2.05, 4.69) is 4.98 Å². The van der Waals surface area contributed by atoms with Crippen LogP contribution in [0.3, 0.4) is 0 Å². The summed E-state index contributed by atoms with van der Waals surface area (Å²) in [6, 6.07) is 4.88. The number of aliphatic hydroxyl groups excluding tert-OH is 2. The molecule has 0 saturated carbocycles. The molecule has 1 aromatic heterocycles. The topological polar surface area (TPSA) is 141 Å². The van der Waals surface area contributed by atoms with Crippen LogP contribution in [-0.4, -0.2) is 51.5 Å². The Kier molecular flexibility index (Phi) is 6.20. The molecule has 4 rings (SSSR count). The number of nitrogens with one attached hydrogen (secondary N) is 1. The number of benzene rings is 1. The van der Waals surface area contributed by atoms with Crippen molar-refractivity contribution in [1.29, 1.82) is 0 Å². The minimum Gasteiger partial charge on any atom is -0.493 e. The average Bonchev–Trinajstić information content (AvgIpc) is 2.99. The summed E-state index contributed by atoms with van der Waals surface area (Å²) in [6.07, 6.45) is -4.75. The smallest absolute Gasteiger partial charge is 0.493 e. The van der Waals surface area contributed by atoms with Crippen LogP contribution in [0.15, 0.2) is 29.2 Å². The molecule has 0 radical (unpaired) electrons. The number of aromatic nitrogens is 2. The summed E-state index contributed by atoms with van der Waals surface area (Å²) < 4.78 is 54.6. The number of phosphoric ester groups is 1. The van der Waals surface area contributed by atoms with Gasteiger partial charge in [-0.05, 0) is 6.07 Å². The number of halogens is 2. The van der Waals surface area contributed by atoms with E-state index >= 15 is 4.39 Å². The standard InChI is InChI=1S/C17H17ClFN2O9PS/c1-26-10-4-2-3-8-6-27-31(25,30-12(8)10)28-7-17(19)13(23)11(22)15(29-17)21-5-9(18)14(32)20-16(21)24/h2-5,11,13,15,22-23H,6-7H2,1H3,(H,20,24,32)/t11-,13+,15-,17-,31?/m1/s1. The Morgan fingerprint density at radius 3 is 2.94 bits per heavy atom. The van der Waals surface area contributed by atoms with Gasteiger partial charge in [0, 0.05) is 11.8 Å². The van der Waals surface area contributed by atoms with Gasteiger partial charge in [0.15, 0.2) is 17.7 Å². The zero-order valence-corrected chi connectivity index (χ0v) is 18.7. The van der Waals surface area contributed by atoms with Crippen LogP contribution in [0, 0.1) is 4.64 Å². The lowest BCUT2D eigenvalue weighted by Crippen LogP contribution is -2.43. The lowest BCUT2D eigenvalue weighted by molar-refractivity contribution is -0.205. The highest BCUT2D eigenvalue weighted by molar-refractivity contribution is 7.71. The maximum Gasteiger partial charge on any atom is 0.530 e. The fraction of sp³-hybridized carbons (Fsp3) is 0.412. The summed E-state index contributed by atoms with van der Waals surface area (Å²) in [5, 5.41) is 20.4. The summed E-state index contributed by atoms with van der Waals surface area (Å²) in [4.78, 5) is 14.4. The molecule has 2 aliphatic rings. The van der Waals surface area contributed by atoms with Crippen molar-refractivity contribution in [2.45, 2.75) is 30.9 Å². The van der Waals surface area contributed by atoms with Crippen LogP contribution in [0.25, 0.3) is 0 Å². The van der Waals surface area contributed by atoms with Gasteiger partial charge in [-0.2, -0.15) is 0 Å². The molecule has 1 aromatic carbocycles. The first-order chi connectivity index (χ1) is 15.1. The van der Waals surface area contributed by atoms with E-state index in [0.29, 0.717) is 5.56 Å². The number of aromatic amines is 1. The zero-order chi connectivity index (χ0) is 23.3. The van der Waals surface area contributed by atoms with E-state index in [9.17, 15) is 19.6 Å². The number of para-hydroxylation sites is 1. The number of methoxy groups -OCH3 is 1. The minimum absolute atomic E-state index is 0.0708. The second kappa shape index (κ2) is 8.50. The van der Waals surface area contributed by atoms with Crippen molar-refractivity contribution in [2.24, 2.45) is 0 Å². The predicted molar refractivity (Wildman–Crippen MR) is 109 cm³/mol. The van der Waals surface area contributed by atoms with E-state index in [0.717, 1.165) is 10.8 Å². The van der Waals surface area contributed by atoms with Crippen molar-refractivity contribution in [3.63, 3.8) is 0 Å². The monoisotopic (exact) mass is 510 g/mol. The SMILES string of the molecule is COc1cccc2c1OP(=O)(OC[C@@]1(F)O[C@@H](n3cc(Cl)c(=S)[nH]c3=O)[C@H](O)[C@@H]1O)OC2. The first-order valence-electron chi connectivity index (χ1n) is 9.05. The van der Waals surface area contributed by atoms with Crippen molar-refractivity contribution in [3.8, 4) is 11.5 Å². The summed E-state index contributed by atoms with van der Waals surface area (Å²) in [6.45, 7) is -1.33. The molecule has 5 atom stereocenters. The zero-order valence-electron chi connectivity index (χ0n) is 16.3. The molecule has 11 nitrogen and oxygen atoms in total. The third kappa shape index (κ3) is 4.11. The minimum atomic E-state index is -4.35. The van der Waals surface area contributed by atoms with Gasteiger partial charge in [0.05, 0.1) is 18.7 Å². The summed E-state index contributed by atoms with van der Waals surface area (Å²) in [5.74, 6) is -2.72. The van der Waals surface area contributed by atoms with Crippen molar-refractivity contribution < 1.29 is 42.2 Å². The molecule has 2 aromatic rings. The van der Waals surface area contributed by atoms with E-state index in [1.54, 1.807) is 18.2 Å². The van der Waals surface area contributed by atoms with Crippen molar-refractivity contribution in [2.75, 3.05) is 13.7 Å².